The summed E-state index contributed by atoms with van der Waals surface area (Å²) in [4.78, 5) is 66.1. The molecule has 3 fully saturated rings. The maximum Gasteiger partial charge on any atom is 0.408 e. The van der Waals surface area contributed by atoms with Crippen LogP contribution in [0.4, 0.5) is 4.79 Å². The number of cyclic esters (lactones) is 1. The van der Waals surface area contributed by atoms with E-state index in [2.05, 4.69) is 5.32 Å². The highest BCUT2D eigenvalue weighted by Crippen LogP contribution is 2.74. The molecule has 1 spiro atoms. The summed E-state index contributed by atoms with van der Waals surface area (Å²) in [6.45, 7) is 19.9. The van der Waals surface area contributed by atoms with Crippen LogP contribution in [-0.4, -0.2) is 82.2 Å². The number of hydrogen-bond donors (Lipinski definition) is 2. The number of esters is 3. The Bertz CT molecular complexity index is 1690. The van der Waals surface area contributed by atoms with Crippen LogP contribution in [0.3, 0.4) is 0 Å². The van der Waals surface area contributed by atoms with E-state index >= 15 is 0 Å². The van der Waals surface area contributed by atoms with E-state index in [-0.39, 0.29) is 23.6 Å². The number of rotatable bonds is 8. The zero-order chi connectivity index (χ0) is 39.2. The molecule has 12 heteroatoms. The molecule has 2 N–H and O–H groups in total. The molecule has 0 aromatic heterocycles. The van der Waals surface area contributed by atoms with Crippen molar-refractivity contribution >= 4 is 29.8 Å². The van der Waals surface area contributed by atoms with Crippen molar-refractivity contribution in [3.05, 3.63) is 34.9 Å². The van der Waals surface area contributed by atoms with E-state index < -0.39 is 88.0 Å². The number of ketones is 1. The van der Waals surface area contributed by atoms with Gasteiger partial charge in [0.2, 0.25) is 0 Å². The van der Waals surface area contributed by atoms with Crippen molar-refractivity contribution in [2.45, 2.75) is 156 Å². The first-order valence-corrected chi connectivity index (χ1v) is 19.1. The van der Waals surface area contributed by atoms with Crippen molar-refractivity contribution in [3.63, 3.8) is 0 Å². The third-order valence-corrected chi connectivity index (χ3v) is 13.4. The number of aliphatic hydroxyl groups is 1. The zero-order valence-electron chi connectivity index (χ0n) is 33.0. The Balaban J connectivity index is 1.30. The Labute approximate surface area is 312 Å². The van der Waals surface area contributed by atoms with Gasteiger partial charge in [-0.25, -0.2) is 14.4 Å². The second-order valence-electron chi connectivity index (χ2n) is 18.1. The van der Waals surface area contributed by atoms with Crippen molar-refractivity contribution in [3.8, 4) is 0 Å². The van der Waals surface area contributed by atoms with E-state index in [0.717, 1.165) is 11.1 Å². The molecule has 2 saturated carbocycles. The van der Waals surface area contributed by atoms with Gasteiger partial charge in [0.1, 0.15) is 35.1 Å². The fraction of sp³-hybridized carbons (Fsp3) is 0.732. The molecule has 292 valence electrons. The summed E-state index contributed by atoms with van der Waals surface area (Å²) in [6, 6.07) is -0.996. The molecule has 2 aliphatic heterocycles. The van der Waals surface area contributed by atoms with Gasteiger partial charge >= 0.3 is 24.0 Å². The van der Waals surface area contributed by atoms with Crippen molar-refractivity contribution in [2.75, 3.05) is 0 Å². The molecule has 0 radical (unpaired) electrons. The summed E-state index contributed by atoms with van der Waals surface area (Å²) >= 11 is 0. The molecule has 12 atom stereocenters. The van der Waals surface area contributed by atoms with Gasteiger partial charge in [0.05, 0.1) is 11.5 Å². The Kier molecular flexibility index (Phi) is 9.66. The lowest BCUT2D eigenvalue weighted by atomic mass is 9.42. The summed E-state index contributed by atoms with van der Waals surface area (Å²) in [6.07, 6.45) is 3.37. The highest BCUT2D eigenvalue weighted by Gasteiger charge is 2.83. The molecule has 2 heterocycles. The highest BCUT2D eigenvalue weighted by molar-refractivity contribution is 5.98. The molecule has 0 aromatic carbocycles. The number of ether oxygens (including phenoxy) is 5. The lowest BCUT2D eigenvalue weighted by Gasteiger charge is -2.61. The van der Waals surface area contributed by atoms with Crippen LogP contribution in [0.1, 0.15) is 108 Å². The summed E-state index contributed by atoms with van der Waals surface area (Å²) in [5.74, 6) is -2.96. The molecule has 12 unspecified atom stereocenters. The van der Waals surface area contributed by atoms with Gasteiger partial charge in [-0.05, 0) is 103 Å². The van der Waals surface area contributed by atoms with Crippen molar-refractivity contribution < 1.29 is 52.8 Å². The molecule has 1 amide bonds. The second kappa shape index (κ2) is 13.1. The highest BCUT2D eigenvalue weighted by atomic mass is 16.7. The zero-order valence-corrected chi connectivity index (χ0v) is 33.0. The van der Waals surface area contributed by atoms with Gasteiger partial charge in [0.25, 0.3) is 0 Å². The third-order valence-electron chi connectivity index (χ3n) is 13.4. The van der Waals surface area contributed by atoms with Crippen molar-refractivity contribution in [2.24, 2.45) is 34.5 Å². The number of fused-ring (bicyclic) bond motifs is 4. The van der Waals surface area contributed by atoms with Crippen LogP contribution < -0.4 is 5.32 Å². The van der Waals surface area contributed by atoms with E-state index in [1.54, 1.807) is 33.8 Å². The van der Waals surface area contributed by atoms with E-state index in [0.29, 0.717) is 37.7 Å². The monoisotopic (exact) mass is 739 g/mol. The largest absolute Gasteiger partial charge is 0.458 e. The van der Waals surface area contributed by atoms with E-state index in [1.807, 2.05) is 47.6 Å². The number of epoxide rings is 1. The molecule has 12 nitrogen and oxygen atoms in total. The van der Waals surface area contributed by atoms with Crippen molar-refractivity contribution in [1.29, 1.82) is 0 Å². The van der Waals surface area contributed by atoms with Gasteiger partial charge in [0.15, 0.2) is 11.9 Å². The molecular weight excluding hydrogens is 682 g/mol. The van der Waals surface area contributed by atoms with E-state index in [1.165, 1.54) is 13.0 Å². The minimum Gasteiger partial charge on any atom is -0.458 e. The summed E-state index contributed by atoms with van der Waals surface area (Å²) < 4.78 is 30.0. The van der Waals surface area contributed by atoms with Gasteiger partial charge in [0, 0.05) is 30.3 Å². The van der Waals surface area contributed by atoms with Crippen LogP contribution in [0.25, 0.3) is 0 Å². The molecule has 0 bridgehead atoms. The predicted octanol–water partition coefficient (Wildman–Crippen LogP) is 5.45. The Morgan fingerprint density at radius 1 is 1.06 bits per heavy atom. The van der Waals surface area contributed by atoms with Crippen LogP contribution >= 0.6 is 0 Å². The standard InChI is InChI=1S/C41H57NO11/c1-20(2)16-28(42-36(47)53-37(7,8)9)35(46)51-31-13-12-30(44)39(11)25-14-15-38(10)26(23(5)29-17-21(3)22(4)34(45)50-29)18-32(49-24(6)43)40(38,48)27(25)19-33-41(31,39)52-33/h12-13,18,20,23,25,27-29,31-33,48H,14-17,19H2,1-11H3,(H,42,47). The fourth-order valence-corrected chi connectivity index (χ4v) is 10.6. The first kappa shape index (κ1) is 39.2. The number of hydrogen-bond acceptors (Lipinski definition) is 11. The molecule has 4 aliphatic carbocycles. The molecule has 1 saturated heterocycles. The first-order valence-electron chi connectivity index (χ1n) is 19.1. The summed E-state index contributed by atoms with van der Waals surface area (Å²) in [5.41, 5.74) is -3.22. The lowest BCUT2D eigenvalue weighted by Crippen LogP contribution is -2.70. The quantitative estimate of drug-likeness (QED) is 0.141. The maximum absolute atomic E-state index is 14.2. The Morgan fingerprint density at radius 2 is 1.74 bits per heavy atom. The molecule has 6 rings (SSSR count). The van der Waals surface area contributed by atoms with Gasteiger partial charge in [-0.1, -0.05) is 38.8 Å². The average Bonchev–Trinajstić information content (AvgIpc) is 3.73. The van der Waals surface area contributed by atoms with Crippen LogP contribution in [0, 0.1) is 34.5 Å². The number of nitrogens with one attached hydrogen (secondary N) is 1. The van der Waals surface area contributed by atoms with Gasteiger partial charge in [-0.15, -0.1) is 0 Å². The number of carbonyl (C=O) groups is 5. The Hall–Kier alpha value is -3.51. The lowest BCUT2D eigenvalue weighted by molar-refractivity contribution is -0.225. The first-order chi connectivity index (χ1) is 24.5. The van der Waals surface area contributed by atoms with Crippen LogP contribution in [0.15, 0.2) is 34.9 Å². The van der Waals surface area contributed by atoms with Crippen LogP contribution in [0.2, 0.25) is 0 Å². The number of carbonyl (C=O) groups excluding carboxylic acids is 5. The van der Waals surface area contributed by atoms with Crippen molar-refractivity contribution in [1.82, 2.24) is 5.32 Å². The minimum absolute atomic E-state index is 0.0413. The van der Waals surface area contributed by atoms with Crippen LogP contribution in [-0.2, 0) is 42.9 Å². The fourth-order valence-electron chi connectivity index (χ4n) is 10.6. The maximum atomic E-state index is 14.2. The summed E-state index contributed by atoms with van der Waals surface area (Å²) in [7, 11) is 0. The van der Waals surface area contributed by atoms with Gasteiger partial charge in [-0.2, -0.15) is 0 Å². The summed E-state index contributed by atoms with van der Waals surface area (Å²) in [5, 5.41) is 15.9. The normalized spacial score (nSPS) is 39.8. The molecular formula is C41H57NO11. The van der Waals surface area contributed by atoms with E-state index in [4.69, 9.17) is 23.7 Å². The number of alkyl carbamates (subject to hydrolysis) is 1. The molecule has 6 aliphatic rings. The number of amides is 1. The average molecular weight is 740 g/mol. The van der Waals surface area contributed by atoms with Gasteiger partial charge < -0.3 is 34.1 Å². The second-order valence-corrected chi connectivity index (χ2v) is 18.1. The molecule has 0 aromatic rings. The Morgan fingerprint density at radius 3 is 2.34 bits per heavy atom. The van der Waals surface area contributed by atoms with Crippen LogP contribution in [0.5, 0.6) is 0 Å². The minimum atomic E-state index is -1.61. The topological polar surface area (TPSA) is 167 Å². The van der Waals surface area contributed by atoms with E-state index in [9.17, 15) is 29.1 Å². The SMILES string of the molecule is CC(=O)OC1C=C(C(C)C2CC(C)=C(C)C(=O)O2)C2(C)CCC3C(CC4OC45C(OC(=O)C(CC(C)C)NC(=O)OC(C)(C)C)C=CC(=O)C35C)C12O. The third kappa shape index (κ3) is 6.06. The molecule has 53 heavy (non-hydrogen) atoms. The number of allylic oxidation sites excluding steroid dienone is 1. The smallest absolute Gasteiger partial charge is 0.408 e. The van der Waals surface area contributed by atoms with Gasteiger partial charge in [-0.3, -0.25) is 9.59 Å². The predicted molar refractivity (Wildman–Crippen MR) is 192 cm³/mol.